The van der Waals surface area contributed by atoms with Gasteiger partial charge in [0.15, 0.2) is 0 Å². The fourth-order valence-electron chi connectivity index (χ4n) is 2.63. The lowest BCUT2D eigenvalue weighted by Gasteiger charge is -2.33. The number of carbonyl (C=O) groups excluding carboxylic acids is 1. The van der Waals surface area contributed by atoms with E-state index in [1.54, 1.807) is 6.20 Å². The van der Waals surface area contributed by atoms with Gasteiger partial charge >= 0.3 is 0 Å². The highest BCUT2D eigenvalue weighted by molar-refractivity contribution is 6.04. The Bertz CT molecular complexity index is 676. The Hall–Kier alpha value is -2.40. The average molecular weight is 310 g/mol. The molecule has 5 heteroatoms. The molecule has 120 valence electrons. The lowest BCUT2D eigenvalue weighted by molar-refractivity contribution is 0.102. The monoisotopic (exact) mass is 310 g/mol. The molecule has 1 aliphatic heterocycles. The second kappa shape index (κ2) is 6.79. The van der Waals surface area contributed by atoms with Gasteiger partial charge in [-0.05, 0) is 32.2 Å². The number of pyridine rings is 1. The predicted octanol–water partition coefficient (Wildman–Crippen LogP) is 2.39. The summed E-state index contributed by atoms with van der Waals surface area (Å²) in [6.07, 6.45) is 3.44. The van der Waals surface area contributed by atoms with Crippen LogP contribution in [0.1, 0.15) is 15.9 Å². The molecular formula is C18H22N4O. The van der Waals surface area contributed by atoms with Crippen LogP contribution in [0, 0.1) is 6.92 Å². The smallest absolute Gasteiger partial charge is 0.257 e. The first-order valence-corrected chi connectivity index (χ1v) is 7.88. The number of nitrogens with one attached hydrogen (secondary N) is 1. The van der Waals surface area contributed by atoms with E-state index < -0.39 is 0 Å². The largest absolute Gasteiger partial charge is 0.368 e. The van der Waals surface area contributed by atoms with Gasteiger partial charge in [-0.15, -0.1) is 0 Å². The quantitative estimate of drug-likeness (QED) is 0.946. The summed E-state index contributed by atoms with van der Waals surface area (Å²) in [5.74, 6) is -0.127. The Morgan fingerprint density at radius 3 is 2.48 bits per heavy atom. The molecule has 1 saturated heterocycles. The summed E-state index contributed by atoms with van der Waals surface area (Å²) in [5.41, 5.74) is 3.56. The van der Waals surface area contributed by atoms with Crippen molar-refractivity contribution in [3.8, 4) is 0 Å². The first-order valence-electron chi connectivity index (χ1n) is 7.88. The van der Waals surface area contributed by atoms with Crippen molar-refractivity contribution in [2.75, 3.05) is 43.4 Å². The van der Waals surface area contributed by atoms with Crippen molar-refractivity contribution in [3.05, 3.63) is 53.9 Å². The molecule has 23 heavy (non-hydrogen) atoms. The molecular weight excluding hydrogens is 288 g/mol. The minimum absolute atomic E-state index is 0.127. The average Bonchev–Trinajstić information content (AvgIpc) is 2.58. The Kier molecular flexibility index (Phi) is 4.57. The lowest BCUT2D eigenvalue weighted by Crippen LogP contribution is -2.44. The number of hydrogen-bond donors (Lipinski definition) is 1. The van der Waals surface area contributed by atoms with Gasteiger partial charge < -0.3 is 15.1 Å². The Morgan fingerprint density at radius 2 is 1.78 bits per heavy atom. The molecule has 0 unspecified atom stereocenters. The second-order valence-electron chi connectivity index (χ2n) is 6.04. The molecule has 2 aromatic rings. The molecule has 1 aliphatic rings. The molecule has 5 nitrogen and oxygen atoms in total. The summed E-state index contributed by atoms with van der Waals surface area (Å²) in [6.45, 7) is 6.00. The van der Waals surface area contributed by atoms with E-state index in [0.717, 1.165) is 37.6 Å². The highest BCUT2D eigenvalue weighted by Gasteiger charge is 2.16. The van der Waals surface area contributed by atoms with Crippen LogP contribution in [0.5, 0.6) is 0 Å². The van der Waals surface area contributed by atoms with Crippen molar-refractivity contribution in [2.24, 2.45) is 0 Å². The fraction of sp³-hybridized carbons (Fsp3) is 0.333. The fourth-order valence-corrected chi connectivity index (χ4v) is 2.63. The molecule has 1 N–H and O–H groups in total. The van der Waals surface area contributed by atoms with Gasteiger partial charge in [-0.2, -0.15) is 0 Å². The lowest BCUT2D eigenvalue weighted by atomic mass is 10.2. The van der Waals surface area contributed by atoms with Gasteiger partial charge in [-0.25, -0.2) is 0 Å². The number of piperazine rings is 1. The third kappa shape index (κ3) is 3.87. The van der Waals surface area contributed by atoms with Crippen LogP contribution in [0.25, 0.3) is 0 Å². The number of amides is 1. The SMILES string of the molecule is Cc1ccc(NC(=O)c2cncc(N3CCN(C)CC3)c2)cc1. The molecule has 1 fully saturated rings. The van der Waals surface area contributed by atoms with Crippen molar-refractivity contribution in [3.63, 3.8) is 0 Å². The van der Waals surface area contributed by atoms with Crippen molar-refractivity contribution in [2.45, 2.75) is 6.92 Å². The third-order valence-electron chi connectivity index (χ3n) is 4.16. The maximum Gasteiger partial charge on any atom is 0.257 e. The number of nitrogens with zero attached hydrogens (tertiary/aromatic N) is 3. The van der Waals surface area contributed by atoms with E-state index in [1.807, 2.05) is 43.5 Å². The minimum atomic E-state index is -0.127. The number of likely N-dealkylation sites (N-methyl/N-ethyl adjacent to an activating group) is 1. The van der Waals surface area contributed by atoms with Crippen molar-refractivity contribution >= 4 is 17.3 Å². The van der Waals surface area contributed by atoms with Gasteiger partial charge in [0.25, 0.3) is 5.91 Å². The Labute approximate surface area is 136 Å². The number of hydrogen-bond acceptors (Lipinski definition) is 4. The molecule has 2 heterocycles. The minimum Gasteiger partial charge on any atom is -0.368 e. The van der Waals surface area contributed by atoms with Crippen LogP contribution in [0.15, 0.2) is 42.7 Å². The molecule has 1 amide bonds. The van der Waals surface area contributed by atoms with Gasteiger partial charge in [0, 0.05) is 38.1 Å². The number of anilines is 2. The van der Waals surface area contributed by atoms with Gasteiger partial charge in [0.2, 0.25) is 0 Å². The molecule has 0 saturated carbocycles. The van der Waals surface area contributed by atoms with Crippen LogP contribution < -0.4 is 10.2 Å². The second-order valence-corrected chi connectivity index (χ2v) is 6.04. The summed E-state index contributed by atoms with van der Waals surface area (Å²) in [7, 11) is 2.13. The number of benzene rings is 1. The zero-order valence-corrected chi connectivity index (χ0v) is 13.6. The molecule has 0 spiro atoms. The first kappa shape index (κ1) is 15.5. The molecule has 0 aliphatic carbocycles. The molecule has 0 radical (unpaired) electrons. The number of rotatable bonds is 3. The predicted molar refractivity (Wildman–Crippen MR) is 93.1 cm³/mol. The Morgan fingerprint density at radius 1 is 1.09 bits per heavy atom. The van der Waals surface area contributed by atoms with Crippen LogP contribution in [0.2, 0.25) is 0 Å². The van der Waals surface area contributed by atoms with Gasteiger partial charge in [0.05, 0.1) is 17.4 Å². The van der Waals surface area contributed by atoms with Gasteiger partial charge in [-0.1, -0.05) is 17.7 Å². The molecule has 1 aromatic carbocycles. The number of aryl methyl sites for hydroxylation is 1. The maximum absolute atomic E-state index is 12.4. The van der Waals surface area contributed by atoms with Crippen LogP contribution in [-0.4, -0.2) is 49.0 Å². The summed E-state index contributed by atoms with van der Waals surface area (Å²) >= 11 is 0. The van der Waals surface area contributed by atoms with E-state index in [9.17, 15) is 4.79 Å². The summed E-state index contributed by atoms with van der Waals surface area (Å²) in [5, 5.41) is 2.92. The molecule has 0 atom stereocenters. The van der Waals surface area contributed by atoms with E-state index in [4.69, 9.17) is 0 Å². The zero-order chi connectivity index (χ0) is 16.2. The molecule has 1 aromatic heterocycles. The van der Waals surface area contributed by atoms with E-state index in [-0.39, 0.29) is 5.91 Å². The summed E-state index contributed by atoms with van der Waals surface area (Å²) < 4.78 is 0. The van der Waals surface area contributed by atoms with Crippen LogP contribution in [-0.2, 0) is 0 Å². The highest BCUT2D eigenvalue weighted by atomic mass is 16.1. The van der Waals surface area contributed by atoms with E-state index in [1.165, 1.54) is 5.56 Å². The van der Waals surface area contributed by atoms with Crippen molar-refractivity contribution < 1.29 is 4.79 Å². The Balaban J connectivity index is 1.71. The summed E-state index contributed by atoms with van der Waals surface area (Å²) in [6, 6.07) is 9.70. The number of aromatic nitrogens is 1. The summed E-state index contributed by atoms with van der Waals surface area (Å²) in [4.78, 5) is 21.2. The van der Waals surface area contributed by atoms with Crippen LogP contribution in [0.4, 0.5) is 11.4 Å². The van der Waals surface area contributed by atoms with Crippen molar-refractivity contribution in [1.29, 1.82) is 0 Å². The van der Waals surface area contributed by atoms with Crippen molar-refractivity contribution in [1.82, 2.24) is 9.88 Å². The highest BCUT2D eigenvalue weighted by Crippen LogP contribution is 2.18. The zero-order valence-electron chi connectivity index (χ0n) is 13.6. The van der Waals surface area contributed by atoms with E-state index >= 15 is 0 Å². The van der Waals surface area contributed by atoms with Crippen LogP contribution in [0.3, 0.4) is 0 Å². The first-order chi connectivity index (χ1) is 11.1. The number of carbonyl (C=O) groups is 1. The van der Waals surface area contributed by atoms with Gasteiger partial charge in [-0.3, -0.25) is 9.78 Å². The normalized spacial score (nSPS) is 15.5. The molecule has 3 rings (SSSR count). The molecule has 0 bridgehead atoms. The van der Waals surface area contributed by atoms with Gasteiger partial charge in [0.1, 0.15) is 0 Å². The van der Waals surface area contributed by atoms with E-state index in [2.05, 4.69) is 27.1 Å². The third-order valence-corrected chi connectivity index (χ3v) is 4.16. The maximum atomic E-state index is 12.4. The van der Waals surface area contributed by atoms with Crippen LogP contribution >= 0.6 is 0 Å². The topological polar surface area (TPSA) is 48.5 Å². The standard InChI is InChI=1S/C18H22N4O/c1-14-3-5-16(6-4-14)20-18(23)15-11-17(13-19-12-15)22-9-7-21(2)8-10-22/h3-6,11-13H,7-10H2,1-2H3,(H,20,23). The van der Waals surface area contributed by atoms with E-state index in [0.29, 0.717) is 5.56 Å².